The monoisotopic (exact) mass is 275 g/mol. The Morgan fingerprint density at radius 1 is 1.64 bits per heavy atom. The first-order valence-electron chi connectivity index (χ1n) is 4.79. The Hall–Kier alpha value is 0.100. The molecule has 4 heteroatoms. The van der Waals surface area contributed by atoms with Gasteiger partial charge < -0.3 is 4.74 Å². The first-order chi connectivity index (χ1) is 6.88. The second-order valence-corrected chi connectivity index (χ2v) is 4.94. The number of alkyl halides is 1. The average Bonchev–Trinajstić information content (AvgIpc) is 2.71. The molecule has 0 aliphatic carbocycles. The Balaban J connectivity index is 1.86. The van der Waals surface area contributed by atoms with Gasteiger partial charge in [0.1, 0.15) is 0 Å². The minimum atomic E-state index is 0.363. The third kappa shape index (κ3) is 2.79. The number of thiophene rings is 1. The lowest BCUT2D eigenvalue weighted by atomic mass is 10.2. The number of halogens is 1. The molecule has 0 spiro atoms. The predicted molar refractivity (Wildman–Crippen MR) is 63.1 cm³/mol. The highest BCUT2D eigenvalue weighted by atomic mass is 79.9. The summed E-state index contributed by atoms with van der Waals surface area (Å²) in [6, 6.07) is 2.20. The average molecular weight is 276 g/mol. The Morgan fingerprint density at radius 3 is 3.29 bits per heavy atom. The van der Waals surface area contributed by atoms with E-state index in [4.69, 9.17) is 4.74 Å². The van der Waals surface area contributed by atoms with Crippen LogP contribution in [0.2, 0.25) is 0 Å². The van der Waals surface area contributed by atoms with Crippen LogP contribution in [0.3, 0.4) is 0 Å². The molecule has 1 aliphatic heterocycles. The maximum absolute atomic E-state index is 5.59. The van der Waals surface area contributed by atoms with Crippen molar-refractivity contribution >= 4 is 27.3 Å². The smallest absolute Gasteiger partial charge is 0.0799 e. The van der Waals surface area contributed by atoms with E-state index in [9.17, 15) is 0 Å². The Kier molecular flexibility index (Phi) is 3.99. The van der Waals surface area contributed by atoms with Gasteiger partial charge in [-0.1, -0.05) is 15.9 Å². The third-order valence-electron chi connectivity index (χ3n) is 2.38. The predicted octanol–water partition coefficient (Wildman–Crippen LogP) is 2.34. The molecule has 1 unspecified atom stereocenters. The third-order valence-corrected chi connectivity index (χ3v) is 3.84. The van der Waals surface area contributed by atoms with Gasteiger partial charge in [0.2, 0.25) is 0 Å². The summed E-state index contributed by atoms with van der Waals surface area (Å²) < 4.78 is 5.59. The van der Waals surface area contributed by atoms with Crippen LogP contribution in [0, 0.1) is 0 Å². The maximum atomic E-state index is 5.59. The lowest BCUT2D eigenvalue weighted by molar-refractivity contribution is -0.0180. The topological polar surface area (TPSA) is 12.5 Å². The van der Waals surface area contributed by atoms with E-state index in [-0.39, 0.29) is 0 Å². The highest BCUT2D eigenvalue weighted by Gasteiger charge is 2.19. The van der Waals surface area contributed by atoms with Gasteiger partial charge in [0, 0.05) is 25.0 Å². The van der Waals surface area contributed by atoms with E-state index >= 15 is 0 Å². The van der Waals surface area contributed by atoms with Gasteiger partial charge in [-0.05, 0) is 22.4 Å². The van der Waals surface area contributed by atoms with Gasteiger partial charge in [-0.15, -0.1) is 0 Å². The summed E-state index contributed by atoms with van der Waals surface area (Å²) in [5.41, 5.74) is 1.42. The van der Waals surface area contributed by atoms with Gasteiger partial charge >= 0.3 is 0 Å². The Morgan fingerprint density at radius 2 is 2.57 bits per heavy atom. The van der Waals surface area contributed by atoms with E-state index in [1.54, 1.807) is 11.3 Å². The Labute approximate surface area is 97.0 Å². The Bertz CT molecular complexity index is 265. The van der Waals surface area contributed by atoms with Crippen LogP contribution in [-0.2, 0) is 11.3 Å². The van der Waals surface area contributed by atoms with Crippen molar-refractivity contribution < 1.29 is 4.74 Å². The van der Waals surface area contributed by atoms with Crippen LogP contribution in [0.15, 0.2) is 16.8 Å². The number of ether oxygens (including phenoxy) is 1. The minimum Gasteiger partial charge on any atom is -0.375 e. The fraction of sp³-hybridized carbons (Fsp3) is 0.600. The van der Waals surface area contributed by atoms with Gasteiger partial charge in [-0.25, -0.2) is 0 Å². The van der Waals surface area contributed by atoms with E-state index in [0.29, 0.717) is 6.10 Å². The lowest BCUT2D eigenvalue weighted by Gasteiger charge is -2.31. The molecule has 0 amide bonds. The number of hydrogen-bond acceptors (Lipinski definition) is 3. The largest absolute Gasteiger partial charge is 0.375 e. The van der Waals surface area contributed by atoms with E-state index in [2.05, 4.69) is 37.7 Å². The van der Waals surface area contributed by atoms with Crippen molar-refractivity contribution in [1.29, 1.82) is 0 Å². The van der Waals surface area contributed by atoms with Crippen LogP contribution < -0.4 is 0 Å². The summed E-state index contributed by atoms with van der Waals surface area (Å²) >= 11 is 5.23. The molecule has 2 heterocycles. The molecule has 2 nitrogen and oxygen atoms in total. The highest BCUT2D eigenvalue weighted by Crippen LogP contribution is 2.13. The van der Waals surface area contributed by atoms with Gasteiger partial charge in [-0.2, -0.15) is 11.3 Å². The van der Waals surface area contributed by atoms with Gasteiger partial charge in [0.15, 0.2) is 0 Å². The lowest BCUT2D eigenvalue weighted by Crippen LogP contribution is -2.42. The van der Waals surface area contributed by atoms with E-state index in [0.717, 1.165) is 31.6 Å². The molecule has 0 saturated carbocycles. The minimum absolute atomic E-state index is 0.363. The van der Waals surface area contributed by atoms with Crippen molar-refractivity contribution in [3.63, 3.8) is 0 Å². The maximum Gasteiger partial charge on any atom is 0.0799 e. The van der Waals surface area contributed by atoms with Crippen molar-refractivity contribution in [2.75, 3.05) is 25.0 Å². The van der Waals surface area contributed by atoms with Crippen LogP contribution in [0.25, 0.3) is 0 Å². The molecule has 14 heavy (non-hydrogen) atoms. The second kappa shape index (κ2) is 5.26. The molecule has 78 valence electrons. The van der Waals surface area contributed by atoms with E-state index in [1.165, 1.54) is 5.56 Å². The first kappa shape index (κ1) is 10.6. The van der Waals surface area contributed by atoms with E-state index in [1.807, 2.05) is 0 Å². The van der Waals surface area contributed by atoms with Gasteiger partial charge in [0.25, 0.3) is 0 Å². The van der Waals surface area contributed by atoms with E-state index < -0.39 is 0 Å². The molecule has 0 aromatic carbocycles. The summed E-state index contributed by atoms with van der Waals surface area (Å²) in [6.45, 7) is 4.03. The molecule has 1 aliphatic rings. The summed E-state index contributed by atoms with van der Waals surface area (Å²) in [5.74, 6) is 0. The quantitative estimate of drug-likeness (QED) is 0.786. The highest BCUT2D eigenvalue weighted by molar-refractivity contribution is 9.09. The SMILES string of the molecule is BrCC1CN(Cc2ccsc2)CCO1. The fourth-order valence-corrected chi connectivity index (χ4v) is 2.71. The molecule has 1 aromatic heterocycles. The summed E-state index contributed by atoms with van der Waals surface area (Å²) in [5, 5.41) is 5.30. The molecular formula is C10H14BrNOS. The number of nitrogens with zero attached hydrogens (tertiary/aromatic N) is 1. The van der Waals surface area contributed by atoms with Crippen LogP contribution in [0.4, 0.5) is 0 Å². The molecule has 1 fully saturated rings. The zero-order valence-electron chi connectivity index (χ0n) is 7.99. The van der Waals surface area contributed by atoms with Crippen LogP contribution in [-0.4, -0.2) is 36.0 Å². The van der Waals surface area contributed by atoms with Crippen molar-refractivity contribution in [2.24, 2.45) is 0 Å². The standard InChI is InChI=1S/C10H14BrNOS/c11-5-10-7-12(2-3-13-10)6-9-1-4-14-8-9/h1,4,8,10H,2-3,5-7H2. The number of morpholine rings is 1. The van der Waals surface area contributed by atoms with Crippen LogP contribution in [0.5, 0.6) is 0 Å². The first-order valence-corrected chi connectivity index (χ1v) is 6.86. The van der Waals surface area contributed by atoms with Crippen molar-refractivity contribution in [2.45, 2.75) is 12.6 Å². The molecule has 1 aromatic rings. The summed E-state index contributed by atoms with van der Waals surface area (Å²) in [7, 11) is 0. The van der Waals surface area contributed by atoms with Crippen molar-refractivity contribution in [3.8, 4) is 0 Å². The molecular weight excluding hydrogens is 262 g/mol. The van der Waals surface area contributed by atoms with Crippen molar-refractivity contribution in [1.82, 2.24) is 4.90 Å². The molecule has 0 N–H and O–H groups in total. The summed E-state index contributed by atoms with van der Waals surface area (Å²) in [4.78, 5) is 2.46. The zero-order chi connectivity index (χ0) is 9.80. The molecule has 1 saturated heterocycles. The molecule has 0 bridgehead atoms. The van der Waals surface area contributed by atoms with Crippen molar-refractivity contribution in [3.05, 3.63) is 22.4 Å². The van der Waals surface area contributed by atoms with Gasteiger partial charge in [0.05, 0.1) is 12.7 Å². The second-order valence-electron chi connectivity index (χ2n) is 3.51. The molecule has 0 radical (unpaired) electrons. The fourth-order valence-electron chi connectivity index (χ4n) is 1.66. The van der Waals surface area contributed by atoms with Gasteiger partial charge in [-0.3, -0.25) is 4.90 Å². The van der Waals surface area contributed by atoms with Crippen LogP contribution in [0.1, 0.15) is 5.56 Å². The molecule has 1 atom stereocenters. The number of hydrogen-bond donors (Lipinski definition) is 0. The summed E-state index contributed by atoms with van der Waals surface area (Å²) in [6.07, 6.45) is 0.363. The zero-order valence-corrected chi connectivity index (χ0v) is 10.4. The van der Waals surface area contributed by atoms with Crippen LogP contribution >= 0.6 is 27.3 Å². The normalized spacial score (nSPS) is 23.9. The molecule has 2 rings (SSSR count). The number of rotatable bonds is 3.